The van der Waals surface area contributed by atoms with Crippen LogP contribution in [0.5, 0.6) is 0 Å². The predicted octanol–water partition coefficient (Wildman–Crippen LogP) is 4.11. The Labute approximate surface area is 142 Å². The highest BCUT2D eigenvalue weighted by atomic mass is 35.5. The summed E-state index contributed by atoms with van der Waals surface area (Å²) in [6.45, 7) is 2.20. The van der Waals surface area contributed by atoms with Crippen LogP contribution >= 0.6 is 11.6 Å². The zero-order valence-corrected chi connectivity index (χ0v) is 14.4. The van der Waals surface area contributed by atoms with Gasteiger partial charge in [-0.15, -0.1) is 0 Å². The van der Waals surface area contributed by atoms with Gasteiger partial charge in [0.25, 0.3) is 0 Å². The lowest BCUT2D eigenvalue weighted by molar-refractivity contribution is -0.120. The van der Waals surface area contributed by atoms with E-state index in [9.17, 15) is 15.0 Å². The largest absolute Gasteiger partial charge is 0.504 e. The van der Waals surface area contributed by atoms with E-state index in [4.69, 9.17) is 11.6 Å². The third-order valence-corrected chi connectivity index (χ3v) is 7.71. The van der Waals surface area contributed by atoms with Crippen molar-refractivity contribution in [2.45, 2.75) is 58.0 Å². The molecule has 3 nitrogen and oxygen atoms in total. The van der Waals surface area contributed by atoms with Crippen molar-refractivity contribution in [3.8, 4) is 0 Å². The molecule has 4 rings (SSSR count). The van der Waals surface area contributed by atoms with Crippen molar-refractivity contribution >= 4 is 17.4 Å². The highest BCUT2D eigenvalue weighted by Crippen LogP contribution is 2.60. The van der Waals surface area contributed by atoms with Gasteiger partial charge in [-0.05, 0) is 67.8 Å². The number of hydrogen-bond acceptors (Lipinski definition) is 3. The maximum atomic E-state index is 11.8. The van der Waals surface area contributed by atoms with Crippen LogP contribution in [0.3, 0.4) is 0 Å². The van der Waals surface area contributed by atoms with Crippen molar-refractivity contribution < 1.29 is 15.0 Å². The molecule has 0 unspecified atom stereocenters. The molecule has 23 heavy (non-hydrogen) atoms. The van der Waals surface area contributed by atoms with E-state index in [2.05, 4.69) is 6.92 Å². The smallest absolute Gasteiger partial charge is 0.197 e. The Bertz CT molecular complexity index is 608. The Morgan fingerprint density at radius 1 is 1.22 bits per heavy atom. The second kappa shape index (κ2) is 5.35. The first-order chi connectivity index (χ1) is 10.9. The lowest BCUT2D eigenvalue weighted by Gasteiger charge is -2.57. The molecule has 0 amide bonds. The Hall–Kier alpha value is -0.800. The van der Waals surface area contributed by atoms with Crippen molar-refractivity contribution in [1.82, 2.24) is 0 Å². The quantitative estimate of drug-likeness (QED) is 0.700. The van der Waals surface area contributed by atoms with Gasteiger partial charge in [-0.3, -0.25) is 4.79 Å². The minimum atomic E-state index is -0.540. The van der Waals surface area contributed by atoms with Crippen LogP contribution in [0.1, 0.15) is 51.9 Å². The third-order valence-electron chi connectivity index (χ3n) is 7.34. The predicted molar refractivity (Wildman–Crippen MR) is 89.0 cm³/mol. The maximum absolute atomic E-state index is 11.8. The molecule has 0 radical (unpaired) electrons. The highest BCUT2D eigenvalue weighted by molar-refractivity contribution is 6.30. The van der Waals surface area contributed by atoms with Gasteiger partial charge in [-0.1, -0.05) is 24.6 Å². The Balaban J connectivity index is 1.67. The van der Waals surface area contributed by atoms with Crippen LogP contribution in [-0.4, -0.2) is 22.1 Å². The molecule has 4 aliphatic carbocycles. The van der Waals surface area contributed by atoms with Gasteiger partial charge in [0.15, 0.2) is 11.5 Å². The Morgan fingerprint density at radius 3 is 2.78 bits per heavy atom. The van der Waals surface area contributed by atoms with Gasteiger partial charge >= 0.3 is 0 Å². The third kappa shape index (κ3) is 2.16. The molecule has 0 aromatic rings. The summed E-state index contributed by atoms with van der Waals surface area (Å²) in [7, 11) is 0. The molecular weight excluding hydrogens is 312 g/mol. The number of aliphatic hydroxyl groups is 2. The average Bonchev–Trinajstić information content (AvgIpc) is 2.54. The second-order valence-electron chi connectivity index (χ2n) is 8.19. The van der Waals surface area contributed by atoms with E-state index in [1.807, 2.05) is 6.08 Å². The summed E-state index contributed by atoms with van der Waals surface area (Å²) in [5.74, 6) is 1.94. The molecule has 0 aromatic carbocycles. The number of aliphatic hydroxyl groups excluding tert-OH is 2. The molecule has 6 atom stereocenters. The van der Waals surface area contributed by atoms with Crippen molar-refractivity contribution in [2.75, 3.05) is 0 Å². The maximum Gasteiger partial charge on any atom is 0.197 e. The number of Topliss-reactive ketones (excluding diaryl/α,β-unsaturated/α-hetero) is 1. The standard InChI is InChI=1S/C19H25ClO3/c1-19-9-8-11-10-4-7-16(21)17(22)13(10)3-2-12(11)14(19)5-6-15(20)18(19)23/h6,10-12,14,18,22-23H,2-5,7-9H2,1H3/t10-,11-,12-,14+,18+,19+/m1/s1. The molecule has 0 aliphatic heterocycles. The van der Waals surface area contributed by atoms with Gasteiger partial charge < -0.3 is 10.2 Å². The van der Waals surface area contributed by atoms with E-state index < -0.39 is 6.10 Å². The molecule has 0 aromatic heterocycles. The minimum Gasteiger partial charge on any atom is -0.504 e. The fourth-order valence-electron chi connectivity index (χ4n) is 6.06. The number of ketones is 1. The zero-order valence-electron chi connectivity index (χ0n) is 13.6. The van der Waals surface area contributed by atoms with Crippen LogP contribution < -0.4 is 0 Å². The lowest BCUT2D eigenvalue weighted by atomic mass is 9.48. The summed E-state index contributed by atoms with van der Waals surface area (Å²) in [5, 5.41) is 21.4. The van der Waals surface area contributed by atoms with Crippen molar-refractivity contribution in [3.63, 3.8) is 0 Å². The van der Waals surface area contributed by atoms with Crippen molar-refractivity contribution in [2.24, 2.45) is 29.1 Å². The fourth-order valence-corrected chi connectivity index (χ4v) is 6.40. The van der Waals surface area contributed by atoms with Gasteiger partial charge in [-0.25, -0.2) is 0 Å². The molecule has 2 N–H and O–H groups in total. The summed E-state index contributed by atoms with van der Waals surface area (Å²) < 4.78 is 0. The summed E-state index contributed by atoms with van der Waals surface area (Å²) in [4.78, 5) is 11.8. The Kier molecular flexibility index (Phi) is 3.66. The van der Waals surface area contributed by atoms with E-state index in [1.165, 1.54) is 0 Å². The zero-order chi connectivity index (χ0) is 16.4. The first kappa shape index (κ1) is 15.7. The number of fused-ring (bicyclic) bond motifs is 5. The number of rotatable bonds is 0. The van der Waals surface area contributed by atoms with Gasteiger partial charge in [0.05, 0.1) is 6.10 Å². The first-order valence-corrected chi connectivity index (χ1v) is 9.30. The topological polar surface area (TPSA) is 57.5 Å². The summed E-state index contributed by atoms with van der Waals surface area (Å²) in [6, 6.07) is 0. The monoisotopic (exact) mass is 336 g/mol. The summed E-state index contributed by atoms with van der Waals surface area (Å²) in [6.07, 6.45) is 7.69. The molecular formula is C19H25ClO3. The molecule has 4 aliphatic rings. The van der Waals surface area contributed by atoms with Gasteiger partial charge in [0.2, 0.25) is 0 Å². The van der Waals surface area contributed by atoms with Crippen LogP contribution in [0.15, 0.2) is 22.4 Å². The molecule has 2 fully saturated rings. The number of allylic oxidation sites excluding steroid dienone is 3. The number of carbonyl (C=O) groups excluding carboxylic acids is 1. The van der Waals surface area contributed by atoms with E-state index >= 15 is 0 Å². The van der Waals surface area contributed by atoms with Crippen molar-refractivity contribution in [3.05, 3.63) is 22.4 Å². The fraction of sp³-hybridized carbons (Fsp3) is 0.737. The van der Waals surface area contributed by atoms with Gasteiger partial charge in [-0.2, -0.15) is 0 Å². The number of halogens is 1. The van der Waals surface area contributed by atoms with Crippen LogP contribution in [-0.2, 0) is 4.79 Å². The lowest BCUT2D eigenvalue weighted by Crippen LogP contribution is -2.53. The van der Waals surface area contributed by atoms with Crippen LogP contribution in [0.2, 0.25) is 0 Å². The first-order valence-electron chi connectivity index (χ1n) is 8.92. The van der Waals surface area contributed by atoms with E-state index in [0.29, 0.717) is 35.1 Å². The normalized spacial score (nSPS) is 46.7. The van der Waals surface area contributed by atoms with E-state index in [0.717, 1.165) is 44.1 Å². The minimum absolute atomic E-state index is 0.0691. The van der Waals surface area contributed by atoms with Crippen LogP contribution in [0.4, 0.5) is 0 Å². The van der Waals surface area contributed by atoms with Gasteiger partial charge in [0, 0.05) is 16.9 Å². The molecule has 126 valence electrons. The van der Waals surface area contributed by atoms with Gasteiger partial charge in [0.1, 0.15) is 0 Å². The second-order valence-corrected chi connectivity index (χ2v) is 8.62. The van der Waals surface area contributed by atoms with E-state index in [-0.39, 0.29) is 17.0 Å². The molecule has 0 spiro atoms. The average molecular weight is 337 g/mol. The summed E-state index contributed by atoms with van der Waals surface area (Å²) in [5.41, 5.74) is 0.900. The summed E-state index contributed by atoms with van der Waals surface area (Å²) >= 11 is 6.23. The molecule has 2 saturated carbocycles. The SMILES string of the molecule is C[C@]12CC[C@H]3[C@@H](CCC4=C(O)C(=O)CC[C@@H]43)[C@@H]1CC=C(Cl)[C@@H]2O. The van der Waals surface area contributed by atoms with Crippen molar-refractivity contribution in [1.29, 1.82) is 0 Å². The number of carbonyl (C=O) groups is 1. The molecule has 0 saturated heterocycles. The Morgan fingerprint density at radius 2 is 2.00 bits per heavy atom. The highest BCUT2D eigenvalue weighted by Gasteiger charge is 2.55. The number of hydrogen-bond donors (Lipinski definition) is 2. The van der Waals surface area contributed by atoms with Crippen LogP contribution in [0, 0.1) is 29.1 Å². The van der Waals surface area contributed by atoms with E-state index in [1.54, 1.807) is 0 Å². The molecule has 4 heteroatoms. The van der Waals surface area contributed by atoms with Crippen LogP contribution in [0.25, 0.3) is 0 Å². The molecule has 0 heterocycles. The molecule has 0 bridgehead atoms.